The molecule has 0 aromatic heterocycles. The number of nitrogens with zero attached hydrogens (tertiary/aromatic N) is 2. The number of rotatable bonds is 6. The Morgan fingerprint density at radius 3 is 2.54 bits per heavy atom. The molecule has 0 atom stereocenters. The summed E-state index contributed by atoms with van der Waals surface area (Å²) in [6, 6.07) is 8.10. The molecule has 0 bridgehead atoms. The van der Waals surface area contributed by atoms with Crippen LogP contribution >= 0.6 is 0 Å². The molecule has 1 saturated heterocycles. The molecule has 1 heterocycles. The van der Waals surface area contributed by atoms with Gasteiger partial charge in [0.2, 0.25) is 0 Å². The quantitative estimate of drug-likeness (QED) is 0.600. The van der Waals surface area contributed by atoms with E-state index in [-0.39, 0.29) is 5.54 Å². The van der Waals surface area contributed by atoms with Gasteiger partial charge in [-0.05, 0) is 44.8 Å². The number of methoxy groups -OCH3 is 1. The van der Waals surface area contributed by atoms with E-state index in [1.807, 2.05) is 18.2 Å². The highest BCUT2D eigenvalue weighted by atomic mass is 16.5. The Kier molecular flexibility index (Phi) is 6.92. The Bertz CT molecular complexity index is 589. The topological polar surface area (TPSA) is 62.9 Å². The minimum absolute atomic E-state index is 0.219. The first-order valence-corrected chi connectivity index (χ1v) is 10.1. The zero-order chi connectivity index (χ0) is 18.2. The smallest absolute Gasteiger partial charge is 0.193 e. The van der Waals surface area contributed by atoms with Gasteiger partial charge in [0.15, 0.2) is 5.96 Å². The monoisotopic (exact) mass is 358 g/mol. The highest BCUT2D eigenvalue weighted by molar-refractivity contribution is 5.93. The Labute approximate surface area is 158 Å². The molecule has 3 N–H and O–H groups in total. The highest BCUT2D eigenvalue weighted by Gasteiger charge is 2.38. The van der Waals surface area contributed by atoms with Gasteiger partial charge >= 0.3 is 0 Å². The number of benzene rings is 1. The maximum Gasteiger partial charge on any atom is 0.193 e. The van der Waals surface area contributed by atoms with Gasteiger partial charge in [0, 0.05) is 23.9 Å². The third kappa shape index (κ3) is 4.77. The van der Waals surface area contributed by atoms with Crippen molar-refractivity contribution in [1.29, 1.82) is 0 Å². The van der Waals surface area contributed by atoms with Crippen molar-refractivity contribution in [1.82, 2.24) is 4.90 Å². The number of piperidine rings is 1. The second-order valence-electron chi connectivity index (χ2n) is 7.75. The van der Waals surface area contributed by atoms with Crippen LogP contribution in [0.25, 0.3) is 0 Å². The van der Waals surface area contributed by atoms with Crippen LogP contribution in [-0.2, 0) is 11.3 Å². The molecule has 5 heteroatoms. The minimum Gasteiger partial charge on any atom is -0.380 e. The number of nitrogens with two attached hydrogens (primary N) is 1. The van der Waals surface area contributed by atoms with Crippen LogP contribution in [0, 0.1) is 0 Å². The number of nitrogens with one attached hydrogen (secondary N) is 1. The summed E-state index contributed by atoms with van der Waals surface area (Å²) in [5.41, 5.74) is 8.55. The molecule has 1 aliphatic carbocycles. The van der Waals surface area contributed by atoms with Crippen molar-refractivity contribution in [3.63, 3.8) is 0 Å². The summed E-state index contributed by atoms with van der Waals surface area (Å²) in [6.45, 7) is 3.81. The van der Waals surface area contributed by atoms with Gasteiger partial charge in [-0.1, -0.05) is 43.9 Å². The maximum absolute atomic E-state index is 6.26. The molecule has 5 nitrogen and oxygen atoms in total. The number of hydrogen-bond donors (Lipinski definition) is 2. The average molecular weight is 359 g/mol. The van der Waals surface area contributed by atoms with E-state index in [2.05, 4.69) is 16.3 Å². The molecule has 0 radical (unpaired) electrons. The summed E-state index contributed by atoms with van der Waals surface area (Å²) in [5.74, 6) is 0.510. The molecule has 1 aromatic carbocycles. The van der Waals surface area contributed by atoms with E-state index in [4.69, 9.17) is 15.5 Å². The van der Waals surface area contributed by atoms with Gasteiger partial charge in [-0.3, -0.25) is 9.89 Å². The highest BCUT2D eigenvalue weighted by Crippen LogP contribution is 2.35. The van der Waals surface area contributed by atoms with Gasteiger partial charge in [-0.25, -0.2) is 0 Å². The third-order valence-electron chi connectivity index (χ3n) is 5.93. The normalized spacial score (nSPS) is 21.5. The molecular weight excluding hydrogens is 324 g/mol. The van der Waals surface area contributed by atoms with Crippen LogP contribution in [0.5, 0.6) is 0 Å². The van der Waals surface area contributed by atoms with E-state index in [9.17, 15) is 0 Å². The molecule has 2 aliphatic rings. The van der Waals surface area contributed by atoms with Crippen LogP contribution in [0.1, 0.15) is 56.9 Å². The van der Waals surface area contributed by atoms with Gasteiger partial charge in [0.05, 0.1) is 13.2 Å². The van der Waals surface area contributed by atoms with Crippen LogP contribution < -0.4 is 11.1 Å². The van der Waals surface area contributed by atoms with Crippen molar-refractivity contribution >= 4 is 11.6 Å². The number of anilines is 1. The van der Waals surface area contributed by atoms with E-state index in [0.717, 1.165) is 17.8 Å². The minimum atomic E-state index is 0.219. The Morgan fingerprint density at radius 2 is 1.81 bits per heavy atom. The number of para-hydroxylation sites is 1. The summed E-state index contributed by atoms with van der Waals surface area (Å²) in [6.07, 6.45) is 10.5. The molecule has 1 saturated carbocycles. The Balaban J connectivity index is 1.69. The van der Waals surface area contributed by atoms with Gasteiger partial charge in [0.25, 0.3) is 0 Å². The van der Waals surface area contributed by atoms with Crippen LogP contribution in [0.3, 0.4) is 0 Å². The van der Waals surface area contributed by atoms with Crippen molar-refractivity contribution in [2.45, 2.75) is 63.5 Å². The second-order valence-corrected chi connectivity index (χ2v) is 7.75. The third-order valence-corrected chi connectivity index (χ3v) is 5.93. The van der Waals surface area contributed by atoms with Crippen molar-refractivity contribution < 1.29 is 4.74 Å². The fourth-order valence-electron chi connectivity index (χ4n) is 4.49. The number of likely N-dealkylation sites (tertiary alicyclic amines) is 1. The molecule has 144 valence electrons. The molecule has 2 fully saturated rings. The molecule has 1 aliphatic heterocycles. The van der Waals surface area contributed by atoms with Crippen molar-refractivity contribution in [3.05, 3.63) is 29.8 Å². The van der Waals surface area contributed by atoms with Crippen molar-refractivity contribution in [2.75, 3.05) is 32.1 Å². The zero-order valence-corrected chi connectivity index (χ0v) is 16.2. The summed E-state index contributed by atoms with van der Waals surface area (Å²) >= 11 is 0. The van der Waals surface area contributed by atoms with Crippen LogP contribution in [-0.4, -0.2) is 43.1 Å². The number of guanidine groups is 1. The maximum atomic E-state index is 6.26. The largest absolute Gasteiger partial charge is 0.380 e. The van der Waals surface area contributed by atoms with Crippen molar-refractivity contribution in [3.8, 4) is 0 Å². The van der Waals surface area contributed by atoms with Gasteiger partial charge in [-0.2, -0.15) is 0 Å². The second kappa shape index (κ2) is 9.38. The lowest BCUT2D eigenvalue weighted by Gasteiger charge is -2.47. The predicted octanol–water partition coefficient (Wildman–Crippen LogP) is 3.75. The standard InChI is InChI=1S/C21H34N4O/c1-26-16-18-10-4-5-11-19(18)24-20(22)23-17-21(12-6-2-7-13-21)25-14-8-3-9-15-25/h4-5,10-11H,2-3,6-9,12-17H2,1H3,(H3,22,23,24). The van der Waals surface area contributed by atoms with Crippen LogP contribution in [0.15, 0.2) is 29.3 Å². The predicted molar refractivity (Wildman–Crippen MR) is 109 cm³/mol. The van der Waals surface area contributed by atoms with E-state index < -0.39 is 0 Å². The average Bonchev–Trinajstić information content (AvgIpc) is 2.70. The lowest BCUT2D eigenvalue weighted by molar-refractivity contribution is 0.0408. The Morgan fingerprint density at radius 1 is 1.12 bits per heavy atom. The summed E-state index contributed by atoms with van der Waals surface area (Å²) in [5, 5.41) is 3.28. The van der Waals surface area contributed by atoms with E-state index in [0.29, 0.717) is 12.6 Å². The SMILES string of the molecule is COCc1ccccc1NC(N)=NCC1(N2CCCCC2)CCCCC1. The molecule has 0 amide bonds. The fourth-order valence-corrected chi connectivity index (χ4v) is 4.49. The molecular formula is C21H34N4O. The molecule has 3 rings (SSSR count). The van der Waals surface area contributed by atoms with Gasteiger partial charge < -0.3 is 15.8 Å². The molecule has 0 spiro atoms. The van der Waals surface area contributed by atoms with Gasteiger partial charge in [0.1, 0.15) is 0 Å². The fraction of sp³-hybridized carbons (Fsp3) is 0.667. The van der Waals surface area contributed by atoms with Crippen LogP contribution in [0.2, 0.25) is 0 Å². The molecule has 1 aromatic rings. The molecule has 26 heavy (non-hydrogen) atoms. The molecule has 0 unspecified atom stereocenters. The lowest BCUT2D eigenvalue weighted by atomic mass is 9.79. The van der Waals surface area contributed by atoms with E-state index in [1.54, 1.807) is 7.11 Å². The Hall–Kier alpha value is -1.59. The van der Waals surface area contributed by atoms with Gasteiger partial charge in [-0.15, -0.1) is 0 Å². The first-order valence-electron chi connectivity index (χ1n) is 10.1. The summed E-state index contributed by atoms with van der Waals surface area (Å²) < 4.78 is 5.27. The number of ether oxygens (including phenoxy) is 1. The summed E-state index contributed by atoms with van der Waals surface area (Å²) in [7, 11) is 1.71. The zero-order valence-electron chi connectivity index (χ0n) is 16.2. The first-order chi connectivity index (χ1) is 12.7. The van der Waals surface area contributed by atoms with Crippen molar-refractivity contribution in [2.24, 2.45) is 10.7 Å². The van der Waals surface area contributed by atoms with E-state index in [1.165, 1.54) is 64.5 Å². The lowest BCUT2D eigenvalue weighted by Crippen LogP contribution is -2.54. The van der Waals surface area contributed by atoms with E-state index >= 15 is 0 Å². The number of aliphatic imine (C=N–C) groups is 1. The first kappa shape index (κ1) is 19.2. The number of hydrogen-bond acceptors (Lipinski definition) is 3. The van der Waals surface area contributed by atoms with Crippen LogP contribution in [0.4, 0.5) is 5.69 Å². The summed E-state index contributed by atoms with van der Waals surface area (Å²) in [4.78, 5) is 7.51.